The van der Waals surface area contributed by atoms with Crippen LogP contribution in [-0.2, 0) is 9.47 Å². The largest absolute Gasteiger partial charge is 0.444 e. The Labute approximate surface area is 183 Å². The summed E-state index contributed by atoms with van der Waals surface area (Å²) in [6.45, 7) is 7.47. The van der Waals surface area contributed by atoms with Crippen LogP contribution < -0.4 is 0 Å². The highest BCUT2D eigenvalue weighted by atomic mass is 16.6. The first-order valence-electron chi connectivity index (χ1n) is 11.1. The van der Waals surface area contributed by atoms with Gasteiger partial charge in [-0.05, 0) is 64.5 Å². The van der Waals surface area contributed by atoms with E-state index >= 15 is 0 Å². The Hall–Kier alpha value is -2.85. The standard InChI is InChI=1S/C24H30N4O3/c1-24(2,3)31-23(29)27-12-10-17(11-13-27)19(15-25)18-7-6-8-21-20(18)16-26-28(21)22-9-4-5-14-30-22/h6-8,16,22H,4-5,9-14H2,1-3H3. The quantitative estimate of drug-likeness (QED) is 0.633. The number of carbonyl (C=O) groups is 1. The number of allylic oxidation sites excluding steroid dienone is 1. The number of likely N-dealkylation sites (tertiary alicyclic amines) is 1. The summed E-state index contributed by atoms with van der Waals surface area (Å²) in [5.41, 5.74) is 3.16. The fraction of sp³-hybridized carbons (Fsp3) is 0.542. The number of amides is 1. The second-order valence-corrected chi connectivity index (χ2v) is 9.21. The number of nitriles is 1. The molecule has 0 N–H and O–H groups in total. The number of carbonyl (C=O) groups excluding carboxylic acids is 1. The SMILES string of the molecule is CC(C)(C)OC(=O)N1CCC(=C(C#N)c2cccc3c2cnn3C2CCCCO2)CC1. The van der Waals surface area contributed by atoms with Crippen LogP contribution in [-0.4, -0.2) is 46.1 Å². The summed E-state index contributed by atoms with van der Waals surface area (Å²) in [7, 11) is 0. The summed E-state index contributed by atoms with van der Waals surface area (Å²) in [6.07, 6.45) is 6.01. The molecule has 164 valence electrons. The van der Waals surface area contributed by atoms with Crippen LogP contribution in [0.15, 0.2) is 30.0 Å². The number of fused-ring (bicyclic) bond motifs is 1. The Bertz CT molecular complexity index is 1030. The zero-order valence-electron chi connectivity index (χ0n) is 18.6. The summed E-state index contributed by atoms with van der Waals surface area (Å²) in [5.74, 6) is 0. The topological polar surface area (TPSA) is 80.4 Å². The lowest BCUT2D eigenvalue weighted by Crippen LogP contribution is -2.40. The first-order valence-corrected chi connectivity index (χ1v) is 11.1. The van der Waals surface area contributed by atoms with Gasteiger partial charge in [0.05, 0.1) is 23.4 Å². The van der Waals surface area contributed by atoms with Gasteiger partial charge in [0.25, 0.3) is 0 Å². The summed E-state index contributed by atoms with van der Waals surface area (Å²) in [6, 6.07) is 8.43. The third-order valence-electron chi connectivity index (χ3n) is 5.82. The Balaban J connectivity index is 1.58. The molecule has 0 bridgehead atoms. The van der Waals surface area contributed by atoms with Crippen LogP contribution in [0.4, 0.5) is 4.79 Å². The van der Waals surface area contributed by atoms with E-state index < -0.39 is 5.60 Å². The summed E-state index contributed by atoms with van der Waals surface area (Å²) < 4.78 is 13.3. The average molecular weight is 423 g/mol. The van der Waals surface area contributed by atoms with Crippen molar-refractivity contribution < 1.29 is 14.3 Å². The minimum Gasteiger partial charge on any atom is -0.444 e. The Kier molecular flexibility index (Phi) is 6.01. The van der Waals surface area contributed by atoms with Gasteiger partial charge in [-0.15, -0.1) is 0 Å². The maximum absolute atomic E-state index is 12.4. The van der Waals surface area contributed by atoms with Crippen LogP contribution in [0.1, 0.15) is 64.7 Å². The molecule has 0 aliphatic carbocycles. The Morgan fingerprint density at radius 2 is 2.03 bits per heavy atom. The fourth-order valence-electron chi connectivity index (χ4n) is 4.30. The zero-order valence-corrected chi connectivity index (χ0v) is 18.6. The molecule has 0 saturated carbocycles. The highest BCUT2D eigenvalue weighted by Gasteiger charge is 2.27. The molecule has 0 spiro atoms. The van der Waals surface area contributed by atoms with Crippen LogP contribution in [0, 0.1) is 11.3 Å². The van der Waals surface area contributed by atoms with E-state index in [4.69, 9.17) is 9.47 Å². The molecule has 2 fully saturated rings. The maximum Gasteiger partial charge on any atom is 0.410 e. The first-order chi connectivity index (χ1) is 14.9. The second-order valence-electron chi connectivity index (χ2n) is 9.21. The van der Waals surface area contributed by atoms with Crippen LogP contribution in [0.5, 0.6) is 0 Å². The van der Waals surface area contributed by atoms with Gasteiger partial charge in [0, 0.05) is 30.6 Å². The van der Waals surface area contributed by atoms with Gasteiger partial charge in [-0.2, -0.15) is 10.4 Å². The number of benzene rings is 1. The molecule has 1 aromatic carbocycles. The summed E-state index contributed by atoms with van der Waals surface area (Å²) >= 11 is 0. The number of piperidine rings is 1. The number of aromatic nitrogens is 2. The third-order valence-corrected chi connectivity index (χ3v) is 5.82. The lowest BCUT2D eigenvalue weighted by Gasteiger charge is -2.31. The molecule has 1 atom stereocenters. The van der Waals surface area contributed by atoms with Gasteiger partial charge in [0.15, 0.2) is 6.23 Å². The van der Waals surface area contributed by atoms with Crippen molar-refractivity contribution in [3.63, 3.8) is 0 Å². The van der Waals surface area contributed by atoms with E-state index in [0.29, 0.717) is 31.5 Å². The smallest absolute Gasteiger partial charge is 0.410 e. The molecule has 4 rings (SSSR count). The van der Waals surface area contributed by atoms with E-state index in [0.717, 1.165) is 47.9 Å². The Morgan fingerprint density at radius 1 is 1.26 bits per heavy atom. The fourth-order valence-corrected chi connectivity index (χ4v) is 4.30. The number of nitrogens with zero attached hydrogens (tertiary/aromatic N) is 4. The lowest BCUT2D eigenvalue weighted by molar-refractivity contribution is -0.0366. The van der Waals surface area contributed by atoms with E-state index in [1.54, 1.807) is 4.90 Å². The monoisotopic (exact) mass is 422 g/mol. The van der Waals surface area contributed by atoms with Gasteiger partial charge >= 0.3 is 6.09 Å². The van der Waals surface area contributed by atoms with Gasteiger partial charge in [-0.3, -0.25) is 0 Å². The second kappa shape index (κ2) is 8.72. The van der Waals surface area contributed by atoms with Crippen LogP contribution in [0.3, 0.4) is 0 Å². The molecule has 1 aromatic heterocycles. The first kappa shape index (κ1) is 21.4. The zero-order chi connectivity index (χ0) is 22.0. The van der Waals surface area contributed by atoms with E-state index in [1.165, 1.54) is 0 Å². The van der Waals surface area contributed by atoms with Crippen molar-refractivity contribution in [1.82, 2.24) is 14.7 Å². The predicted octanol–water partition coefficient (Wildman–Crippen LogP) is 5.04. The molecule has 0 radical (unpaired) electrons. The van der Waals surface area contributed by atoms with Crippen molar-refractivity contribution in [2.75, 3.05) is 19.7 Å². The highest BCUT2D eigenvalue weighted by molar-refractivity contribution is 5.96. The average Bonchev–Trinajstić information content (AvgIpc) is 3.19. The van der Waals surface area contributed by atoms with Gasteiger partial charge in [0.2, 0.25) is 0 Å². The molecule has 3 heterocycles. The number of rotatable bonds is 2. The van der Waals surface area contributed by atoms with Crippen molar-refractivity contribution in [3.05, 3.63) is 35.5 Å². The normalized spacial score (nSPS) is 19.9. The molecule has 2 aliphatic rings. The van der Waals surface area contributed by atoms with Crippen molar-refractivity contribution in [2.45, 2.75) is 64.7 Å². The summed E-state index contributed by atoms with van der Waals surface area (Å²) in [5, 5.41) is 15.6. The van der Waals surface area contributed by atoms with E-state index in [-0.39, 0.29) is 12.3 Å². The minimum atomic E-state index is -0.511. The molecule has 1 amide bonds. The molecule has 31 heavy (non-hydrogen) atoms. The maximum atomic E-state index is 12.4. The van der Waals surface area contributed by atoms with Crippen LogP contribution in [0.25, 0.3) is 16.5 Å². The van der Waals surface area contributed by atoms with Crippen molar-refractivity contribution in [2.24, 2.45) is 0 Å². The van der Waals surface area contributed by atoms with E-state index in [2.05, 4.69) is 11.2 Å². The van der Waals surface area contributed by atoms with Crippen LogP contribution >= 0.6 is 0 Å². The number of ether oxygens (including phenoxy) is 2. The van der Waals surface area contributed by atoms with Crippen LogP contribution in [0.2, 0.25) is 0 Å². The van der Waals surface area contributed by atoms with Crippen molar-refractivity contribution >= 4 is 22.6 Å². The predicted molar refractivity (Wildman–Crippen MR) is 118 cm³/mol. The number of hydrogen-bond acceptors (Lipinski definition) is 5. The van der Waals surface area contributed by atoms with E-state index in [9.17, 15) is 10.1 Å². The summed E-state index contributed by atoms with van der Waals surface area (Å²) in [4.78, 5) is 14.1. The van der Waals surface area contributed by atoms with Gasteiger partial charge in [-0.25, -0.2) is 9.48 Å². The minimum absolute atomic E-state index is 0.0447. The van der Waals surface area contributed by atoms with E-state index in [1.807, 2.05) is 49.8 Å². The molecule has 1 unspecified atom stereocenters. The molecule has 7 nitrogen and oxygen atoms in total. The van der Waals surface area contributed by atoms with Gasteiger partial charge < -0.3 is 14.4 Å². The molecule has 2 aliphatic heterocycles. The lowest BCUT2D eigenvalue weighted by atomic mass is 9.92. The molecule has 2 saturated heterocycles. The number of hydrogen-bond donors (Lipinski definition) is 0. The van der Waals surface area contributed by atoms with Crippen molar-refractivity contribution in [1.29, 1.82) is 5.26 Å². The molecule has 7 heteroatoms. The Morgan fingerprint density at radius 3 is 2.68 bits per heavy atom. The molecular formula is C24H30N4O3. The van der Waals surface area contributed by atoms with Crippen molar-refractivity contribution in [3.8, 4) is 6.07 Å². The van der Waals surface area contributed by atoms with Gasteiger partial charge in [-0.1, -0.05) is 12.1 Å². The molecule has 2 aromatic rings. The highest BCUT2D eigenvalue weighted by Crippen LogP contribution is 2.33. The molecular weight excluding hydrogens is 392 g/mol. The third kappa shape index (κ3) is 4.59. The van der Waals surface area contributed by atoms with Gasteiger partial charge in [0.1, 0.15) is 5.60 Å².